The van der Waals surface area contributed by atoms with Crippen molar-refractivity contribution in [1.29, 1.82) is 0 Å². The molecule has 1 aromatic rings. The number of aliphatic hydroxyl groups is 1. The number of fused-ring (bicyclic) bond motifs is 1. The van der Waals surface area contributed by atoms with Crippen LogP contribution in [0.3, 0.4) is 0 Å². The standard InChI is InChI=1S/C12H16O3/c1-2-8-3-4-11-10(5-8)12(14)9(6-13)7-15-11/h7-8,13H,2-6H2,1H3/t8-/m1/s1. The van der Waals surface area contributed by atoms with Crippen molar-refractivity contribution >= 4 is 0 Å². The van der Waals surface area contributed by atoms with Crippen molar-refractivity contribution in [2.45, 2.75) is 39.2 Å². The van der Waals surface area contributed by atoms with Gasteiger partial charge in [0.15, 0.2) is 5.43 Å². The molecular weight excluding hydrogens is 192 g/mol. The van der Waals surface area contributed by atoms with Gasteiger partial charge in [0.1, 0.15) is 5.76 Å². The summed E-state index contributed by atoms with van der Waals surface area (Å²) in [4.78, 5) is 11.9. The summed E-state index contributed by atoms with van der Waals surface area (Å²) < 4.78 is 5.39. The van der Waals surface area contributed by atoms with E-state index in [0.717, 1.165) is 37.0 Å². The molecule has 1 heterocycles. The average Bonchev–Trinajstić information content (AvgIpc) is 2.29. The van der Waals surface area contributed by atoms with Gasteiger partial charge >= 0.3 is 0 Å². The van der Waals surface area contributed by atoms with Crippen molar-refractivity contribution in [3.63, 3.8) is 0 Å². The fourth-order valence-electron chi connectivity index (χ4n) is 2.19. The summed E-state index contributed by atoms with van der Waals surface area (Å²) in [6.45, 7) is 1.92. The third-order valence-corrected chi connectivity index (χ3v) is 3.27. The molecule has 2 rings (SSSR count). The molecule has 0 unspecified atom stereocenters. The van der Waals surface area contributed by atoms with Crippen molar-refractivity contribution in [3.8, 4) is 0 Å². The molecule has 0 saturated heterocycles. The Balaban J connectivity index is 2.42. The molecule has 3 heteroatoms. The number of aryl methyl sites for hydroxylation is 1. The second-order valence-electron chi connectivity index (χ2n) is 4.17. The molecule has 1 atom stereocenters. The maximum absolute atomic E-state index is 11.9. The highest BCUT2D eigenvalue weighted by Gasteiger charge is 2.22. The molecule has 3 nitrogen and oxygen atoms in total. The van der Waals surface area contributed by atoms with Gasteiger partial charge < -0.3 is 9.52 Å². The lowest BCUT2D eigenvalue weighted by Gasteiger charge is -2.21. The van der Waals surface area contributed by atoms with Crippen molar-refractivity contribution in [1.82, 2.24) is 0 Å². The van der Waals surface area contributed by atoms with Crippen LogP contribution in [0.4, 0.5) is 0 Å². The Morgan fingerprint density at radius 1 is 1.60 bits per heavy atom. The van der Waals surface area contributed by atoms with Gasteiger partial charge in [0.25, 0.3) is 0 Å². The van der Waals surface area contributed by atoms with E-state index in [0.29, 0.717) is 11.5 Å². The third kappa shape index (κ3) is 1.84. The Labute approximate surface area is 88.7 Å². The zero-order valence-electron chi connectivity index (χ0n) is 8.95. The minimum atomic E-state index is -0.230. The second-order valence-corrected chi connectivity index (χ2v) is 4.17. The smallest absolute Gasteiger partial charge is 0.193 e. The van der Waals surface area contributed by atoms with E-state index in [-0.39, 0.29) is 12.0 Å². The lowest BCUT2D eigenvalue weighted by atomic mass is 9.85. The Kier molecular flexibility index (Phi) is 2.91. The van der Waals surface area contributed by atoms with Gasteiger partial charge in [0.2, 0.25) is 0 Å². The van der Waals surface area contributed by atoms with E-state index in [1.54, 1.807) is 0 Å². The van der Waals surface area contributed by atoms with Gasteiger partial charge in [-0.2, -0.15) is 0 Å². The zero-order chi connectivity index (χ0) is 10.8. The first kappa shape index (κ1) is 10.4. The Morgan fingerprint density at radius 2 is 2.40 bits per heavy atom. The molecule has 0 fully saturated rings. The Bertz CT molecular complexity index is 406. The van der Waals surface area contributed by atoms with Crippen LogP contribution in [-0.2, 0) is 19.4 Å². The van der Waals surface area contributed by atoms with Gasteiger partial charge in [0.05, 0.1) is 18.4 Å². The van der Waals surface area contributed by atoms with E-state index in [1.165, 1.54) is 6.26 Å². The maximum atomic E-state index is 11.9. The number of aliphatic hydroxyl groups excluding tert-OH is 1. The predicted octanol–water partition coefficient (Wildman–Crippen LogP) is 1.65. The van der Waals surface area contributed by atoms with Crippen LogP contribution < -0.4 is 5.43 Å². The Hall–Kier alpha value is -1.09. The van der Waals surface area contributed by atoms with Crippen LogP contribution >= 0.6 is 0 Å². The van der Waals surface area contributed by atoms with Crippen LogP contribution in [0.15, 0.2) is 15.5 Å². The molecular formula is C12H16O3. The highest BCUT2D eigenvalue weighted by molar-refractivity contribution is 5.25. The van der Waals surface area contributed by atoms with E-state index < -0.39 is 0 Å². The van der Waals surface area contributed by atoms with Gasteiger partial charge in [-0.3, -0.25) is 4.79 Å². The minimum Gasteiger partial charge on any atom is -0.468 e. The summed E-state index contributed by atoms with van der Waals surface area (Å²) in [6, 6.07) is 0. The van der Waals surface area contributed by atoms with Crippen LogP contribution in [0.25, 0.3) is 0 Å². The normalized spacial score (nSPS) is 20.0. The first-order chi connectivity index (χ1) is 7.26. The van der Waals surface area contributed by atoms with Crippen LogP contribution in [0, 0.1) is 5.92 Å². The van der Waals surface area contributed by atoms with E-state index in [4.69, 9.17) is 9.52 Å². The molecule has 15 heavy (non-hydrogen) atoms. The van der Waals surface area contributed by atoms with E-state index >= 15 is 0 Å². The summed E-state index contributed by atoms with van der Waals surface area (Å²) in [7, 11) is 0. The highest BCUT2D eigenvalue weighted by atomic mass is 16.3. The summed E-state index contributed by atoms with van der Waals surface area (Å²) in [6.07, 6.45) is 5.26. The fourth-order valence-corrected chi connectivity index (χ4v) is 2.19. The molecule has 0 radical (unpaired) electrons. The Morgan fingerprint density at radius 3 is 3.07 bits per heavy atom. The zero-order valence-corrected chi connectivity index (χ0v) is 8.95. The molecule has 0 spiro atoms. The molecule has 0 amide bonds. The third-order valence-electron chi connectivity index (χ3n) is 3.27. The summed E-state index contributed by atoms with van der Waals surface area (Å²) in [5.74, 6) is 1.41. The van der Waals surface area contributed by atoms with Gasteiger partial charge in [-0.15, -0.1) is 0 Å². The van der Waals surface area contributed by atoms with Gasteiger partial charge in [-0.05, 0) is 18.8 Å². The van der Waals surface area contributed by atoms with Crippen molar-refractivity contribution in [2.24, 2.45) is 5.92 Å². The van der Waals surface area contributed by atoms with Crippen LogP contribution in [-0.4, -0.2) is 5.11 Å². The molecule has 82 valence electrons. The van der Waals surface area contributed by atoms with Crippen LogP contribution in [0.1, 0.15) is 36.7 Å². The lowest BCUT2D eigenvalue weighted by Crippen LogP contribution is -2.24. The summed E-state index contributed by atoms with van der Waals surface area (Å²) in [5.41, 5.74) is 1.15. The predicted molar refractivity (Wildman–Crippen MR) is 56.7 cm³/mol. The van der Waals surface area contributed by atoms with Crippen LogP contribution in [0.5, 0.6) is 0 Å². The molecule has 1 aliphatic rings. The number of rotatable bonds is 2. The first-order valence-corrected chi connectivity index (χ1v) is 5.49. The molecule has 1 N–H and O–H groups in total. The van der Waals surface area contributed by atoms with Crippen LogP contribution in [0.2, 0.25) is 0 Å². The van der Waals surface area contributed by atoms with Crippen molar-refractivity contribution < 1.29 is 9.52 Å². The average molecular weight is 208 g/mol. The quantitative estimate of drug-likeness (QED) is 0.804. The van der Waals surface area contributed by atoms with E-state index in [9.17, 15) is 4.79 Å². The van der Waals surface area contributed by atoms with Gasteiger partial charge in [-0.25, -0.2) is 0 Å². The van der Waals surface area contributed by atoms with Crippen molar-refractivity contribution in [2.75, 3.05) is 0 Å². The van der Waals surface area contributed by atoms with E-state index in [1.807, 2.05) is 0 Å². The monoisotopic (exact) mass is 208 g/mol. The topological polar surface area (TPSA) is 50.4 Å². The molecule has 0 aromatic carbocycles. The summed E-state index contributed by atoms with van der Waals surface area (Å²) in [5, 5.41) is 8.98. The number of hydrogen-bond donors (Lipinski definition) is 1. The van der Waals surface area contributed by atoms with Gasteiger partial charge in [0, 0.05) is 12.0 Å². The first-order valence-electron chi connectivity index (χ1n) is 5.49. The van der Waals surface area contributed by atoms with Crippen molar-refractivity contribution in [3.05, 3.63) is 33.4 Å². The van der Waals surface area contributed by atoms with E-state index in [2.05, 4.69) is 6.92 Å². The molecule has 0 saturated carbocycles. The fraction of sp³-hybridized carbons (Fsp3) is 0.583. The molecule has 0 aliphatic heterocycles. The summed E-state index contributed by atoms with van der Waals surface area (Å²) >= 11 is 0. The SMILES string of the molecule is CC[C@@H]1CCc2occ(CO)c(=O)c2C1. The number of hydrogen-bond acceptors (Lipinski definition) is 3. The molecule has 0 bridgehead atoms. The highest BCUT2D eigenvalue weighted by Crippen LogP contribution is 2.25. The largest absolute Gasteiger partial charge is 0.468 e. The molecule has 1 aliphatic carbocycles. The van der Waals surface area contributed by atoms with Gasteiger partial charge in [-0.1, -0.05) is 13.3 Å². The minimum absolute atomic E-state index is 0.0168. The maximum Gasteiger partial charge on any atom is 0.193 e. The second kappa shape index (κ2) is 4.19. The lowest BCUT2D eigenvalue weighted by molar-refractivity contribution is 0.273. The molecule has 1 aromatic heterocycles.